The fraction of sp³-hybridized carbons (Fsp3) is 0.500. The minimum atomic E-state index is -1.53. The number of aliphatic hydroxyl groups is 2. The van der Waals surface area contributed by atoms with Gasteiger partial charge in [0.15, 0.2) is 5.78 Å². The zero-order chi connectivity index (χ0) is 13.6. The first kappa shape index (κ1) is 14.8. The van der Waals surface area contributed by atoms with E-state index in [0.29, 0.717) is 6.42 Å². The van der Waals surface area contributed by atoms with E-state index >= 15 is 0 Å². The zero-order valence-electron chi connectivity index (χ0n) is 10.7. The molecule has 0 saturated heterocycles. The SMILES string of the molecule is CC(=O)C(N)(CO)C(O)CCCc1ccccc1. The molecule has 0 saturated carbocycles. The van der Waals surface area contributed by atoms with Gasteiger partial charge >= 0.3 is 0 Å². The number of hydrogen-bond acceptors (Lipinski definition) is 4. The van der Waals surface area contributed by atoms with Crippen molar-refractivity contribution in [3.05, 3.63) is 35.9 Å². The van der Waals surface area contributed by atoms with Crippen LogP contribution in [0.15, 0.2) is 30.3 Å². The highest BCUT2D eigenvalue weighted by molar-refractivity contribution is 5.86. The maximum absolute atomic E-state index is 11.3. The van der Waals surface area contributed by atoms with Crippen molar-refractivity contribution >= 4 is 5.78 Å². The maximum Gasteiger partial charge on any atom is 0.154 e. The van der Waals surface area contributed by atoms with E-state index in [1.165, 1.54) is 12.5 Å². The second-order valence-corrected chi connectivity index (χ2v) is 4.65. The molecule has 2 unspecified atom stereocenters. The predicted molar refractivity (Wildman–Crippen MR) is 70.1 cm³/mol. The molecule has 4 heteroatoms. The van der Waals surface area contributed by atoms with Crippen LogP contribution >= 0.6 is 0 Å². The van der Waals surface area contributed by atoms with Gasteiger partial charge in [-0.1, -0.05) is 30.3 Å². The van der Waals surface area contributed by atoms with E-state index in [0.717, 1.165) is 12.8 Å². The number of carbonyl (C=O) groups is 1. The normalized spacial score (nSPS) is 16.0. The number of aryl methyl sites for hydroxylation is 1. The molecular weight excluding hydrogens is 230 g/mol. The van der Waals surface area contributed by atoms with Gasteiger partial charge in [0, 0.05) is 0 Å². The Bertz CT molecular complexity index is 380. The van der Waals surface area contributed by atoms with Gasteiger partial charge in [-0.25, -0.2) is 0 Å². The summed E-state index contributed by atoms with van der Waals surface area (Å²) in [6.45, 7) is 0.755. The van der Waals surface area contributed by atoms with Gasteiger partial charge < -0.3 is 15.9 Å². The lowest BCUT2D eigenvalue weighted by molar-refractivity contribution is -0.128. The summed E-state index contributed by atoms with van der Waals surface area (Å²) in [6, 6.07) is 9.90. The molecule has 0 aliphatic rings. The number of ketones is 1. The summed E-state index contributed by atoms with van der Waals surface area (Å²) in [6.07, 6.45) is 0.920. The molecule has 0 fully saturated rings. The van der Waals surface area contributed by atoms with Gasteiger partial charge in [0.05, 0.1) is 12.7 Å². The minimum Gasteiger partial charge on any atom is -0.394 e. The molecule has 18 heavy (non-hydrogen) atoms. The second-order valence-electron chi connectivity index (χ2n) is 4.65. The first-order valence-electron chi connectivity index (χ1n) is 6.13. The number of rotatable bonds is 7. The molecule has 2 atom stereocenters. The Morgan fingerprint density at radius 3 is 2.50 bits per heavy atom. The molecule has 1 rings (SSSR count). The van der Waals surface area contributed by atoms with E-state index in [2.05, 4.69) is 0 Å². The monoisotopic (exact) mass is 251 g/mol. The lowest BCUT2D eigenvalue weighted by atomic mass is 9.87. The smallest absolute Gasteiger partial charge is 0.154 e. The molecule has 1 aromatic rings. The summed E-state index contributed by atoms with van der Waals surface area (Å²) in [5, 5.41) is 19.0. The van der Waals surface area contributed by atoms with Crippen LogP contribution in [0.4, 0.5) is 0 Å². The lowest BCUT2D eigenvalue weighted by Crippen LogP contribution is -2.59. The van der Waals surface area contributed by atoms with Gasteiger partial charge in [0.2, 0.25) is 0 Å². The van der Waals surface area contributed by atoms with Crippen LogP contribution in [0.2, 0.25) is 0 Å². The van der Waals surface area contributed by atoms with Gasteiger partial charge in [0.1, 0.15) is 5.54 Å². The van der Waals surface area contributed by atoms with Crippen LogP contribution < -0.4 is 5.73 Å². The largest absolute Gasteiger partial charge is 0.394 e. The number of aliphatic hydroxyl groups excluding tert-OH is 2. The van der Waals surface area contributed by atoms with E-state index in [1.807, 2.05) is 30.3 Å². The first-order valence-corrected chi connectivity index (χ1v) is 6.13. The standard InChI is InChI=1S/C14H21NO3/c1-11(17)14(15,10-16)13(18)9-5-8-12-6-3-2-4-7-12/h2-4,6-7,13,16,18H,5,8-10,15H2,1H3. The fourth-order valence-corrected chi connectivity index (χ4v) is 1.85. The summed E-state index contributed by atoms with van der Waals surface area (Å²) >= 11 is 0. The van der Waals surface area contributed by atoms with Crippen LogP contribution in [0, 0.1) is 0 Å². The quantitative estimate of drug-likeness (QED) is 0.664. The molecule has 0 radical (unpaired) electrons. The predicted octanol–water partition coefficient (Wildman–Crippen LogP) is 0.649. The number of hydrogen-bond donors (Lipinski definition) is 3. The van der Waals surface area contributed by atoms with E-state index in [-0.39, 0.29) is 0 Å². The topological polar surface area (TPSA) is 83.6 Å². The van der Waals surface area contributed by atoms with E-state index < -0.39 is 24.0 Å². The summed E-state index contributed by atoms with van der Waals surface area (Å²) in [4.78, 5) is 11.3. The molecule has 0 heterocycles. The van der Waals surface area contributed by atoms with Crippen molar-refractivity contribution in [2.24, 2.45) is 5.73 Å². The Morgan fingerprint density at radius 2 is 2.00 bits per heavy atom. The molecule has 0 amide bonds. The highest BCUT2D eigenvalue weighted by atomic mass is 16.3. The molecule has 1 aromatic carbocycles. The number of benzene rings is 1. The molecule has 0 aliphatic carbocycles. The van der Waals surface area contributed by atoms with E-state index in [1.54, 1.807) is 0 Å². The Labute approximate surface area is 107 Å². The Balaban J connectivity index is 2.46. The van der Waals surface area contributed by atoms with Gasteiger partial charge in [0.25, 0.3) is 0 Å². The van der Waals surface area contributed by atoms with Crippen molar-refractivity contribution in [2.75, 3.05) is 6.61 Å². The number of nitrogens with two attached hydrogens (primary N) is 1. The lowest BCUT2D eigenvalue weighted by Gasteiger charge is -2.29. The van der Waals surface area contributed by atoms with Crippen LogP contribution in [0.1, 0.15) is 25.3 Å². The van der Waals surface area contributed by atoms with Crippen molar-refractivity contribution in [1.82, 2.24) is 0 Å². The average Bonchev–Trinajstić information content (AvgIpc) is 2.38. The minimum absolute atomic E-state index is 0.391. The van der Waals surface area contributed by atoms with Gasteiger partial charge in [-0.15, -0.1) is 0 Å². The Hall–Kier alpha value is -1.23. The first-order chi connectivity index (χ1) is 8.50. The van der Waals surface area contributed by atoms with Gasteiger partial charge in [-0.05, 0) is 31.7 Å². The summed E-state index contributed by atoms with van der Waals surface area (Å²) in [5.41, 5.74) is 5.36. The molecular formula is C14H21NO3. The number of carbonyl (C=O) groups excluding carboxylic acids is 1. The fourth-order valence-electron chi connectivity index (χ4n) is 1.85. The summed E-state index contributed by atoms with van der Waals surface area (Å²) in [5.74, 6) is -0.391. The summed E-state index contributed by atoms with van der Waals surface area (Å²) in [7, 11) is 0. The van der Waals surface area contributed by atoms with Crippen molar-refractivity contribution in [3.8, 4) is 0 Å². The van der Waals surface area contributed by atoms with Crippen LogP contribution in [0.25, 0.3) is 0 Å². The van der Waals surface area contributed by atoms with Crippen LogP contribution in [0.3, 0.4) is 0 Å². The zero-order valence-corrected chi connectivity index (χ0v) is 10.7. The highest BCUT2D eigenvalue weighted by Crippen LogP contribution is 2.15. The Kier molecular flexibility index (Phi) is 5.47. The maximum atomic E-state index is 11.3. The molecule has 0 bridgehead atoms. The molecule has 0 spiro atoms. The van der Waals surface area contributed by atoms with Crippen LogP contribution in [-0.2, 0) is 11.2 Å². The molecule has 0 aromatic heterocycles. The Morgan fingerprint density at radius 1 is 1.39 bits per heavy atom. The molecule has 0 aliphatic heterocycles. The van der Waals surface area contributed by atoms with Crippen molar-refractivity contribution in [3.63, 3.8) is 0 Å². The highest BCUT2D eigenvalue weighted by Gasteiger charge is 2.37. The number of Topliss-reactive ketones (excluding diaryl/α,β-unsaturated/α-hetero) is 1. The van der Waals surface area contributed by atoms with Crippen LogP contribution in [0.5, 0.6) is 0 Å². The molecule has 4 N–H and O–H groups in total. The molecule has 100 valence electrons. The van der Waals surface area contributed by atoms with Crippen LogP contribution in [-0.4, -0.2) is 34.2 Å². The second kappa shape index (κ2) is 6.64. The van der Waals surface area contributed by atoms with Gasteiger partial charge in [-0.3, -0.25) is 4.79 Å². The van der Waals surface area contributed by atoms with Crippen molar-refractivity contribution < 1.29 is 15.0 Å². The van der Waals surface area contributed by atoms with Crippen molar-refractivity contribution in [2.45, 2.75) is 37.8 Å². The third-order valence-corrected chi connectivity index (χ3v) is 3.30. The summed E-state index contributed by atoms with van der Waals surface area (Å²) < 4.78 is 0. The van der Waals surface area contributed by atoms with E-state index in [9.17, 15) is 9.90 Å². The third-order valence-electron chi connectivity index (χ3n) is 3.30. The third kappa shape index (κ3) is 3.63. The van der Waals surface area contributed by atoms with Gasteiger partial charge in [-0.2, -0.15) is 0 Å². The van der Waals surface area contributed by atoms with E-state index in [4.69, 9.17) is 10.8 Å². The molecule has 4 nitrogen and oxygen atoms in total. The van der Waals surface area contributed by atoms with Crippen molar-refractivity contribution in [1.29, 1.82) is 0 Å². The average molecular weight is 251 g/mol.